The third-order valence-electron chi connectivity index (χ3n) is 3.85. The molecule has 2 N–H and O–H groups in total. The molecule has 2 aromatic rings. The standard InChI is InChI=1S/C15H22N4S/c1-12-3-4-14-13(11-12)17-15(20-14)19-9-7-18(8-10-19)6-2-5-16/h3-4,11H,2,5-10,16H2,1H3. The van der Waals surface area contributed by atoms with Gasteiger partial charge >= 0.3 is 0 Å². The fourth-order valence-corrected chi connectivity index (χ4v) is 3.64. The normalized spacial score (nSPS) is 17.0. The molecule has 0 spiro atoms. The van der Waals surface area contributed by atoms with E-state index < -0.39 is 0 Å². The van der Waals surface area contributed by atoms with Crippen molar-refractivity contribution in [3.63, 3.8) is 0 Å². The second kappa shape index (κ2) is 6.08. The molecule has 1 aliphatic rings. The molecule has 108 valence electrons. The van der Waals surface area contributed by atoms with Gasteiger partial charge in [0.1, 0.15) is 0 Å². The summed E-state index contributed by atoms with van der Waals surface area (Å²) >= 11 is 1.81. The van der Waals surface area contributed by atoms with Crippen LogP contribution in [0.25, 0.3) is 10.2 Å². The molecule has 1 fully saturated rings. The lowest BCUT2D eigenvalue weighted by atomic mass is 10.2. The summed E-state index contributed by atoms with van der Waals surface area (Å²) in [5, 5.41) is 1.17. The van der Waals surface area contributed by atoms with E-state index in [1.54, 1.807) is 0 Å². The number of anilines is 1. The largest absolute Gasteiger partial charge is 0.345 e. The molecule has 4 nitrogen and oxygen atoms in total. The summed E-state index contributed by atoms with van der Waals surface area (Å²) < 4.78 is 1.29. The molecule has 1 aromatic carbocycles. The zero-order valence-electron chi connectivity index (χ0n) is 12.0. The second-order valence-electron chi connectivity index (χ2n) is 5.44. The fraction of sp³-hybridized carbons (Fsp3) is 0.533. The lowest BCUT2D eigenvalue weighted by molar-refractivity contribution is 0.256. The van der Waals surface area contributed by atoms with E-state index in [-0.39, 0.29) is 0 Å². The van der Waals surface area contributed by atoms with Crippen LogP contribution in [0, 0.1) is 6.92 Å². The first kappa shape index (κ1) is 13.8. The minimum Gasteiger partial charge on any atom is -0.345 e. The molecule has 0 radical (unpaired) electrons. The highest BCUT2D eigenvalue weighted by Gasteiger charge is 2.19. The summed E-state index contributed by atoms with van der Waals surface area (Å²) in [6, 6.07) is 6.52. The smallest absolute Gasteiger partial charge is 0.186 e. The van der Waals surface area contributed by atoms with Crippen LogP contribution in [-0.2, 0) is 0 Å². The molecule has 0 unspecified atom stereocenters. The Morgan fingerprint density at radius 3 is 2.80 bits per heavy atom. The van der Waals surface area contributed by atoms with Crippen LogP contribution in [0.5, 0.6) is 0 Å². The van der Waals surface area contributed by atoms with Crippen molar-refractivity contribution >= 4 is 26.7 Å². The van der Waals surface area contributed by atoms with Crippen molar-refractivity contribution in [1.29, 1.82) is 0 Å². The molecule has 0 bridgehead atoms. The predicted octanol–water partition coefficient (Wildman–Crippen LogP) is 2.08. The molecule has 2 heterocycles. The van der Waals surface area contributed by atoms with Gasteiger partial charge in [0.25, 0.3) is 0 Å². The quantitative estimate of drug-likeness (QED) is 0.936. The third-order valence-corrected chi connectivity index (χ3v) is 4.95. The van der Waals surface area contributed by atoms with Crippen LogP contribution in [0.15, 0.2) is 18.2 Å². The summed E-state index contributed by atoms with van der Waals surface area (Å²) in [5.74, 6) is 0. The maximum Gasteiger partial charge on any atom is 0.186 e. The molecule has 0 saturated carbocycles. The van der Waals surface area contributed by atoms with Crippen molar-refractivity contribution in [1.82, 2.24) is 9.88 Å². The zero-order chi connectivity index (χ0) is 13.9. The van der Waals surface area contributed by atoms with Gasteiger partial charge in [0.05, 0.1) is 10.2 Å². The number of nitrogens with zero attached hydrogens (tertiary/aromatic N) is 3. The first-order valence-electron chi connectivity index (χ1n) is 7.31. The maximum absolute atomic E-state index is 5.57. The second-order valence-corrected chi connectivity index (χ2v) is 6.45. The van der Waals surface area contributed by atoms with Crippen molar-refractivity contribution in [2.45, 2.75) is 13.3 Å². The molecular weight excluding hydrogens is 268 g/mol. The van der Waals surface area contributed by atoms with E-state index in [0.717, 1.165) is 51.2 Å². The van der Waals surface area contributed by atoms with Crippen LogP contribution in [0.4, 0.5) is 5.13 Å². The molecular formula is C15H22N4S. The number of hydrogen-bond donors (Lipinski definition) is 1. The third kappa shape index (κ3) is 2.95. The minimum atomic E-state index is 0.789. The van der Waals surface area contributed by atoms with Crippen molar-refractivity contribution < 1.29 is 0 Å². The van der Waals surface area contributed by atoms with Crippen LogP contribution in [0.2, 0.25) is 0 Å². The van der Waals surface area contributed by atoms with E-state index in [1.807, 2.05) is 11.3 Å². The SMILES string of the molecule is Cc1ccc2sc(N3CCN(CCCN)CC3)nc2c1. The van der Waals surface area contributed by atoms with Gasteiger partial charge in [-0.25, -0.2) is 4.98 Å². The van der Waals surface area contributed by atoms with E-state index in [1.165, 1.54) is 15.4 Å². The number of thiazole rings is 1. The maximum atomic E-state index is 5.57. The van der Waals surface area contributed by atoms with E-state index >= 15 is 0 Å². The van der Waals surface area contributed by atoms with Gasteiger partial charge in [-0.05, 0) is 44.1 Å². The Morgan fingerprint density at radius 2 is 2.05 bits per heavy atom. The first-order chi connectivity index (χ1) is 9.76. The number of hydrogen-bond acceptors (Lipinski definition) is 5. The Hall–Kier alpha value is -1.17. The number of nitrogens with two attached hydrogens (primary N) is 1. The van der Waals surface area contributed by atoms with Crippen LogP contribution < -0.4 is 10.6 Å². The van der Waals surface area contributed by atoms with E-state index in [4.69, 9.17) is 10.7 Å². The summed E-state index contributed by atoms with van der Waals surface area (Å²) in [6.45, 7) is 8.42. The Balaban J connectivity index is 1.67. The summed E-state index contributed by atoms with van der Waals surface area (Å²) in [7, 11) is 0. The van der Waals surface area contributed by atoms with Crippen molar-refractivity contribution in [2.24, 2.45) is 5.73 Å². The highest BCUT2D eigenvalue weighted by Crippen LogP contribution is 2.29. The average molecular weight is 290 g/mol. The van der Waals surface area contributed by atoms with E-state index in [9.17, 15) is 0 Å². The van der Waals surface area contributed by atoms with Crippen molar-refractivity contribution in [3.8, 4) is 0 Å². The monoisotopic (exact) mass is 290 g/mol. The fourth-order valence-electron chi connectivity index (χ4n) is 2.64. The van der Waals surface area contributed by atoms with Gasteiger partial charge in [0.2, 0.25) is 0 Å². The van der Waals surface area contributed by atoms with Gasteiger partial charge in [-0.15, -0.1) is 0 Å². The van der Waals surface area contributed by atoms with Crippen LogP contribution in [0.3, 0.4) is 0 Å². The number of rotatable bonds is 4. The van der Waals surface area contributed by atoms with Gasteiger partial charge in [0, 0.05) is 26.2 Å². The molecule has 20 heavy (non-hydrogen) atoms. The Morgan fingerprint density at radius 1 is 1.25 bits per heavy atom. The Bertz CT molecular complexity index is 572. The molecule has 1 aliphatic heterocycles. The molecule has 1 saturated heterocycles. The molecule has 0 atom stereocenters. The van der Waals surface area contributed by atoms with E-state index in [0.29, 0.717) is 0 Å². The van der Waals surface area contributed by atoms with Crippen LogP contribution in [-0.4, -0.2) is 49.2 Å². The highest BCUT2D eigenvalue weighted by atomic mass is 32.1. The summed E-state index contributed by atoms with van der Waals surface area (Å²) in [4.78, 5) is 9.71. The lowest BCUT2D eigenvalue weighted by Gasteiger charge is -2.34. The molecule has 5 heteroatoms. The number of fused-ring (bicyclic) bond motifs is 1. The van der Waals surface area contributed by atoms with E-state index in [2.05, 4.69) is 34.9 Å². The Kier molecular flexibility index (Phi) is 4.19. The average Bonchev–Trinajstić information content (AvgIpc) is 2.88. The number of piperazine rings is 1. The van der Waals surface area contributed by atoms with Crippen LogP contribution in [0.1, 0.15) is 12.0 Å². The molecule has 0 aliphatic carbocycles. The molecule has 3 rings (SSSR count). The first-order valence-corrected chi connectivity index (χ1v) is 8.12. The zero-order valence-corrected chi connectivity index (χ0v) is 12.8. The van der Waals surface area contributed by atoms with Gasteiger partial charge in [0.15, 0.2) is 5.13 Å². The van der Waals surface area contributed by atoms with Gasteiger partial charge in [-0.3, -0.25) is 4.90 Å². The highest BCUT2D eigenvalue weighted by molar-refractivity contribution is 7.22. The predicted molar refractivity (Wildman–Crippen MR) is 86.7 cm³/mol. The van der Waals surface area contributed by atoms with Gasteiger partial charge in [-0.1, -0.05) is 17.4 Å². The Labute approximate surface area is 124 Å². The molecule has 0 amide bonds. The van der Waals surface area contributed by atoms with Gasteiger partial charge in [-0.2, -0.15) is 0 Å². The van der Waals surface area contributed by atoms with Crippen molar-refractivity contribution in [3.05, 3.63) is 23.8 Å². The number of aromatic nitrogens is 1. The minimum absolute atomic E-state index is 0.789. The summed E-state index contributed by atoms with van der Waals surface area (Å²) in [5.41, 5.74) is 7.99. The number of aryl methyl sites for hydroxylation is 1. The van der Waals surface area contributed by atoms with Crippen molar-refractivity contribution in [2.75, 3.05) is 44.2 Å². The van der Waals surface area contributed by atoms with Crippen LogP contribution >= 0.6 is 11.3 Å². The number of benzene rings is 1. The van der Waals surface area contributed by atoms with Gasteiger partial charge < -0.3 is 10.6 Å². The lowest BCUT2D eigenvalue weighted by Crippen LogP contribution is -2.46. The molecule has 1 aromatic heterocycles. The topological polar surface area (TPSA) is 45.4 Å². The summed E-state index contributed by atoms with van der Waals surface area (Å²) in [6.07, 6.45) is 1.10.